The molecule has 1 fully saturated rings. The second-order valence-electron chi connectivity index (χ2n) is 5.47. The Morgan fingerprint density at radius 1 is 1.52 bits per heavy atom. The number of aliphatic hydroxyl groups is 1. The lowest BCUT2D eigenvalue weighted by atomic mass is 10.1. The van der Waals surface area contributed by atoms with Gasteiger partial charge >= 0.3 is 6.03 Å². The number of fused-ring (bicyclic) bond motifs is 1. The molecule has 2 atom stereocenters. The Balaban J connectivity index is 1.88. The van der Waals surface area contributed by atoms with Crippen molar-refractivity contribution in [1.82, 2.24) is 9.88 Å². The molecule has 6 nitrogen and oxygen atoms in total. The fraction of sp³-hybridized carbons (Fsp3) is 0.375. The number of anilines is 1. The molecule has 1 aliphatic heterocycles. The van der Waals surface area contributed by atoms with Gasteiger partial charge in [0.1, 0.15) is 11.9 Å². The predicted molar refractivity (Wildman–Crippen MR) is 84.4 cm³/mol. The standard InChI is InChI=1S/C16H18FN3O3/c1-23-14-5-4-13(15-12(14)3-2-6-18-15)19-16(22)20-8-10(17)7-11(20)9-21/h2-6,10-11,21H,7-9H2,1H3,(H,19,22). The van der Waals surface area contributed by atoms with Gasteiger partial charge in [-0.05, 0) is 24.3 Å². The number of amides is 2. The summed E-state index contributed by atoms with van der Waals surface area (Å²) in [4.78, 5) is 18.0. The summed E-state index contributed by atoms with van der Waals surface area (Å²) in [5, 5.41) is 12.8. The molecule has 23 heavy (non-hydrogen) atoms. The smallest absolute Gasteiger partial charge is 0.322 e. The summed E-state index contributed by atoms with van der Waals surface area (Å²) in [6, 6.07) is 6.13. The van der Waals surface area contributed by atoms with Crippen molar-refractivity contribution >= 4 is 22.6 Å². The minimum Gasteiger partial charge on any atom is -0.496 e. The van der Waals surface area contributed by atoms with E-state index in [0.717, 1.165) is 5.39 Å². The third kappa shape index (κ3) is 2.92. The molecule has 7 heteroatoms. The first-order valence-electron chi connectivity index (χ1n) is 7.38. The van der Waals surface area contributed by atoms with E-state index in [1.165, 1.54) is 4.90 Å². The SMILES string of the molecule is COc1ccc(NC(=O)N2CC(F)CC2CO)c2ncccc12. The van der Waals surface area contributed by atoms with Gasteiger partial charge in [-0.25, -0.2) is 9.18 Å². The number of methoxy groups -OCH3 is 1. The average molecular weight is 319 g/mol. The molecule has 0 radical (unpaired) electrons. The van der Waals surface area contributed by atoms with E-state index in [9.17, 15) is 14.3 Å². The summed E-state index contributed by atoms with van der Waals surface area (Å²) >= 11 is 0. The molecule has 1 aromatic carbocycles. The van der Waals surface area contributed by atoms with Crippen LogP contribution in [0.3, 0.4) is 0 Å². The molecule has 2 aromatic rings. The van der Waals surface area contributed by atoms with E-state index in [0.29, 0.717) is 17.0 Å². The maximum absolute atomic E-state index is 13.5. The number of aliphatic hydroxyl groups excluding tert-OH is 1. The molecule has 2 heterocycles. The highest BCUT2D eigenvalue weighted by molar-refractivity contribution is 6.01. The zero-order chi connectivity index (χ0) is 16.4. The number of nitrogens with zero attached hydrogens (tertiary/aromatic N) is 2. The van der Waals surface area contributed by atoms with Gasteiger partial charge in [-0.1, -0.05) is 0 Å². The van der Waals surface area contributed by atoms with Crippen LogP contribution < -0.4 is 10.1 Å². The monoisotopic (exact) mass is 319 g/mol. The van der Waals surface area contributed by atoms with Crippen molar-refractivity contribution < 1.29 is 19.0 Å². The van der Waals surface area contributed by atoms with Crippen LogP contribution in [0.4, 0.5) is 14.9 Å². The van der Waals surface area contributed by atoms with Crippen LogP contribution in [0.15, 0.2) is 30.5 Å². The number of benzene rings is 1. The van der Waals surface area contributed by atoms with Gasteiger partial charge in [-0.15, -0.1) is 0 Å². The van der Waals surface area contributed by atoms with Gasteiger partial charge in [0.05, 0.1) is 37.5 Å². The first-order valence-corrected chi connectivity index (χ1v) is 7.38. The first kappa shape index (κ1) is 15.5. The fourth-order valence-corrected chi connectivity index (χ4v) is 2.89. The Labute approximate surface area is 132 Å². The second-order valence-corrected chi connectivity index (χ2v) is 5.47. The van der Waals surface area contributed by atoms with Crippen molar-refractivity contribution in [3.63, 3.8) is 0 Å². The fourth-order valence-electron chi connectivity index (χ4n) is 2.89. The number of nitrogens with one attached hydrogen (secondary N) is 1. The van der Waals surface area contributed by atoms with Crippen LogP contribution in [0.25, 0.3) is 10.9 Å². The molecule has 1 aliphatic rings. The van der Waals surface area contributed by atoms with Crippen LogP contribution in [0, 0.1) is 0 Å². The van der Waals surface area contributed by atoms with Gasteiger partial charge in [0.15, 0.2) is 0 Å². The highest BCUT2D eigenvalue weighted by Crippen LogP contribution is 2.30. The molecule has 0 aliphatic carbocycles. The highest BCUT2D eigenvalue weighted by Gasteiger charge is 2.35. The van der Waals surface area contributed by atoms with E-state index in [4.69, 9.17) is 4.74 Å². The van der Waals surface area contributed by atoms with Gasteiger partial charge in [-0.2, -0.15) is 0 Å². The van der Waals surface area contributed by atoms with Crippen LogP contribution in [0.2, 0.25) is 0 Å². The number of hydrogen-bond donors (Lipinski definition) is 2. The molecular weight excluding hydrogens is 301 g/mol. The van der Waals surface area contributed by atoms with E-state index in [2.05, 4.69) is 10.3 Å². The summed E-state index contributed by atoms with van der Waals surface area (Å²) in [5.74, 6) is 0.657. The largest absolute Gasteiger partial charge is 0.496 e. The van der Waals surface area contributed by atoms with E-state index >= 15 is 0 Å². The number of carbonyl (C=O) groups is 1. The van der Waals surface area contributed by atoms with Gasteiger partial charge in [0, 0.05) is 18.0 Å². The van der Waals surface area contributed by atoms with Gasteiger partial charge in [0.25, 0.3) is 0 Å². The van der Waals surface area contributed by atoms with Crippen LogP contribution >= 0.6 is 0 Å². The molecule has 2 amide bonds. The third-order valence-corrected chi connectivity index (χ3v) is 4.03. The van der Waals surface area contributed by atoms with Crippen molar-refractivity contribution in [2.45, 2.75) is 18.6 Å². The Bertz CT molecular complexity index is 725. The van der Waals surface area contributed by atoms with Crippen LogP contribution in [-0.4, -0.2) is 53.5 Å². The van der Waals surface area contributed by atoms with E-state index in [1.807, 2.05) is 6.07 Å². The number of hydrogen-bond acceptors (Lipinski definition) is 4. The molecule has 1 saturated heterocycles. The van der Waals surface area contributed by atoms with Crippen molar-refractivity contribution in [3.05, 3.63) is 30.5 Å². The quantitative estimate of drug-likeness (QED) is 0.909. The molecule has 2 N–H and O–H groups in total. The molecule has 0 spiro atoms. The zero-order valence-corrected chi connectivity index (χ0v) is 12.7. The lowest BCUT2D eigenvalue weighted by Crippen LogP contribution is -2.40. The Hall–Kier alpha value is -2.41. The maximum atomic E-state index is 13.5. The lowest BCUT2D eigenvalue weighted by molar-refractivity contribution is 0.166. The highest BCUT2D eigenvalue weighted by atomic mass is 19.1. The minimum atomic E-state index is -1.11. The van der Waals surface area contributed by atoms with Crippen LogP contribution in [0.1, 0.15) is 6.42 Å². The van der Waals surface area contributed by atoms with Crippen molar-refractivity contribution in [1.29, 1.82) is 0 Å². The van der Waals surface area contributed by atoms with E-state index in [1.54, 1.807) is 31.5 Å². The Morgan fingerprint density at radius 3 is 3.09 bits per heavy atom. The number of halogens is 1. The summed E-state index contributed by atoms with van der Waals surface area (Å²) in [6.45, 7) is -0.270. The molecule has 2 unspecified atom stereocenters. The number of urea groups is 1. The Morgan fingerprint density at radius 2 is 2.35 bits per heavy atom. The molecule has 3 rings (SSSR count). The molecule has 1 aromatic heterocycles. The number of likely N-dealkylation sites (tertiary alicyclic amines) is 1. The lowest BCUT2D eigenvalue weighted by Gasteiger charge is -2.23. The molecule has 0 bridgehead atoms. The summed E-state index contributed by atoms with van der Waals surface area (Å²) in [6.07, 6.45) is 0.677. The Kier molecular flexibility index (Phi) is 4.29. The van der Waals surface area contributed by atoms with Crippen molar-refractivity contribution in [3.8, 4) is 5.75 Å². The van der Waals surface area contributed by atoms with Gasteiger partial charge in [-0.3, -0.25) is 4.98 Å². The van der Waals surface area contributed by atoms with Gasteiger partial charge in [0.2, 0.25) is 0 Å². The van der Waals surface area contributed by atoms with E-state index in [-0.39, 0.29) is 19.6 Å². The number of rotatable bonds is 3. The number of pyridine rings is 1. The van der Waals surface area contributed by atoms with E-state index < -0.39 is 18.2 Å². The normalized spacial score (nSPS) is 20.7. The molecular formula is C16H18FN3O3. The topological polar surface area (TPSA) is 74.7 Å². The maximum Gasteiger partial charge on any atom is 0.322 e. The van der Waals surface area contributed by atoms with Crippen LogP contribution in [0.5, 0.6) is 5.75 Å². The number of ether oxygens (including phenoxy) is 1. The summed E-state index contributed by atoms with van der Waals surface area (Å²) in [7, 11) is 1.57. The number of aromatic nitrogens is 1. The summed E-state index contributed by atoms with van der Waals surface area (Å²) < 4.78 is 18.8. The molecule has 0 saturated carbocycles. The number of carbonyl (C=O) groups excluding carboxylic acids is 1. The van der Waals surface area contributed by atoms with Crippen molar-refractivity contribution in [2.75, 3.05) is 25.6 Å². The first-order chi connectivity index (χ1) is 11.1. The third-order valence-electron chi connectivity index (χ3n) is 4.03. The second kappa shape index (κ2) is 6.37. The molecule has 122 valence electrons. The predicted octanol–water partition coefficient (Wildman–Crippen LogP) is 2.18. The summed E-state index contributed by atoms with van der Waals surface area (Å²) in [5.41, 5.74) is 1.11. The zero-order valence-electron chi connectivity index (χ0n) is 12.7. The minimum absolute atomic E-state index is 0.0153. The van der Waals surface area contributed by atoms with Gasteiger partial charge < -0.3 is 20.1 Å². The average Bonchev–Trinajstić information content (AvgIpc) is 2.96. The van der Waals surface area contributed by atoms with Crippen LogP contribution in [-0.2, 0) is 0 Å². The number of alkyl halides is 1. The van der Waals surface area contributed by atoms with Crippen molar-refractivity contribution in [2.24, 2.45) is 0 Å².